The monoisotopic (exact) mass is 268 g/mol. The average Bonchev–Trinajstić information content (AvgIpc) is 2.37. The molecule has 0 aromatic heterocycles. The molecule has 106 valence electrons. The van der Waals surface area contributed by atoms with E-state index in [0.717, 1.165) is 25.9 Å². The number of nitrogens with one attached hydrogen (secondary N) is 1. The van der Waals surface area contributed by atoms with E-state index in [9.17, 15) is 8.78 Å². The second-order valence-electron chi connectivity index (χ2n) is 5.55. The van der Waals surface area contributed by atoms with Gasteiger partial charge in [-0.2, -0.15) is 0 Å². The Morgan fingerprint density at radius 2 is 1.84 bits per heavy atom. The first-order valence-electron chi connectivity index (χ1n) is 6.93. The maximum Gasteiger partial charge on any atom is 0.129 e. The molecule has 1 fully saturated rings. The van der Waals surface area contributed by atoms with E-state index in [1.165, 1.54) is 18.2 Å². The summed E-state index contributed by atoms with van der Waals surface area (Å²) >= 11 is 0. The normalized spacial score (nSPS) is 19.6. The van der Waals surface area contributed by atoms with Crippen LogP contribution in [-0.4, -0.2) is 37.1 Å². The van der Waals surface area contributed by atoms with Crippen molar-refractivity contribution in [2.75, 3.05) is 20.1 Å². The SMILES string of the molecule is CC(Cc1c(F)cccc1F)NC1CCN(C)CC1. The summed E-state index contributed by atoms with van der Waals surface area (Å²) in [6, 6.07) is 4.59. The Hall–Kier alpha value is -1.00. The lowest BCUT2D eigenvalue weighted by atomic mass is 10.0. The fourth-order valence-electron chi connectivity index (χ4n) is 2.67. The summed E-state index contributed by atoms with van der Waals surface area (Å²) in [6.45, 7) is 4.15. The van der Waals surface area contributed by atoms with E-state index in [-0.39, 0.29) is 11.6 Å². The van der Waals surface area contributed by atoms with E-state index >= 15 is 0 Å². The van der Waals surface area contributed by atoms with Crippen molar-refractivity contribution in [1.82, 2.24) is 10.2 Å². The molecule has 0 spiro atoms. The highest BCUT2D eigenvalue weighted by Crippen LogP contribution is 2.15. The highest BCUT2D eigenvalue weighted by molar-refractivity contribution is 5.20. The fraction of sp³-hybridized carbons (Fsp3) is 0.600. The molecule has 0 bridgehead atoms. The molecule has 0 amide bonds. The van der Waals surface area contributed by atoms with Crippen molar-refractivity contribution in [1.29, 1.82) is 0 Å². The Morgan fingerprint density at radius 1 is 1.26 bits per heavy atom. The topological polar surface area (TPSA) is 15.3 Å². The summed E-state index contributed by atoms with van der Waals surface area (Å²) in [4.78, 5) is 2.30. The second kappa shape index (κ2) is 6.44. The minimum absolute atomic E-state index is 0.0832. The van der Waals surface area contributed by atoms with Crippen LogP contribution in [0, 0.1) is 11.6 Å². The third-order valence-corrected chi connectivity index (χ3v) is 3.81. The van der Waals surface area contributed by atoms with Crippen molar-refractivity contribution in [3.8, 4) is 0 Å². The van der Waals surface area contributed by atoms with Gasteiger partial charge in [-0.3, -0.25) is 0 Å². The molecule has 1 aromatic rings. The number of nitrogens with zero attached hydrogens (tertiary/aromatic N) is 1. The Bertz CT molecular complexity index is 394. The van der Waals surface area contributed by atoms with Crippen LogP contribution >= 0.6 is 0 Å². The molecule has 1 aliphatic rings. The molecular formula is C15H22F2N2. The average molecular weight is 268 g/mol. The van der Waals surface area contributed by atoms with Crippen LogP contribution in [0.5, 0.6) is 0 Å². The molecule has 1 aromatic carbocycles. The first kappa shape index (κ1) is 14.4. The third kappa shape index (κ3) is 3.98. The van der Waals surface area contributed by atoms with Gasteiger partial charge in [0, 0.05) is 17.6 Å². The van der Waals surface area contributed by atoms with Crippen molar-refractivity contribution in [3.63, 3.8) is 0 Å². The Morgan fingerprint density at radius 3 is 2.42 bits per heavy atom. The highest BCUT2D eigenvalue weighted by atomic mass is 19.1. The van der Waals surface area contributed by atoms with Crippen molar-refractivity contribution in [3.05, 3.63) is 35.4 Å². The predicted molar refractivity (Wildman–Crippen MR) is 73.2 cm³/mol. The molecule has 1 saturated heterocycles. The second-order valence-corrected chi connectivity index (χ2v) is 5.55. The van der Waals surface area contributed by atoms with Gasteiger partial charge in [0.25, 0.3) is 0 Å². The van der Waals surface area contributed by atoms with Crippen LogP contribution in [0.25, 0.3) is 0 Å². The Kier molecular flexibility index (Phi) is 4.88. The van der Waals surface area contributed by atoms with Gasteiger partial charge in [-0.05, 0) is 58.5 Å². The van der Waals surface area contributed by atoms with E-state index in [2.05, 4.69) is 17.3 Å². The van der Waals surface area contributed by atoms with Gasteiger partial charge in [0.1, 0.15) is 11.6 Å². The van der Waals surface area contributed by atoms with Crippen molar-refractivity contribution in [2.45, 2.75) is 38.3 Å². The zero-order chi connectivity index (χ0) is 13.8. The lowest BCUT2D eigenvalue weighted by molar-refractivity contribution is 0.225. The number of likely N-dealkylation sites (tertiary alicyclic amines) is 1. The number of benzene rings is 1. The van der Waals surface area contributed by atoms with Gasteiger partial charge in [-0.15, -0.1) is 0 Å². The van der Waals surface area contributed by atoms with Gasteiger partial charge < -0.3 is 10.2 Å². The highest BCUT2D eigenvalue weighted by Gasteiger charge is 2.19. The maximum atomic E-state index is 13.6. The number of halogens is 2. The largest absolute Gasteiger partial charge is 0.311 e. The van der Waals surface area contributed by atoms with Crippen LogP contribution in [0.4, 0.5) is 8.78 Å². The van der Waals surface area contributed by atoms with Crippen molar-refractivity contribution in [2.24, 2.45) is 0 Å². The smallest absolute Gasteiger partial charge is 0.129 e. The summed E-state index contributed by atoms with van der Waals surface area (Å²) in [5.41, 5.74) is 0.190. The van der Waals surface area contributed by atoms with Crippen LogP contribution in [0.2, 0.25) is 0 Å². The Labute approximate surface area is 113 Å². The summed E-state index contributed by atoms with van der Waals surface area (Å²) in [5.74, 6) is -0.894. The fourth-order valence-corrected chi connectivity index (χ4v) is 2.67. The molecule has 1 atom stereocenters. The van der Waals surface area contributed by atoms with E-state index in [1.807, 2.05) is 6.92 Å². The minimum Gasteiger partial charge on any atom is -0.311 e. The molecule has 2 rings (SSSR count). The molecule has 0 radical (unpaired) electrons. The molecule has 19 heavy (non-hydrogen) atoms. The summed E-state index contributed by atoms with van der Waals surface area (Å²) < 4.78 is 27.1. The first-order valence-corrected chi connectivity index (χ1v) is 6.93. The maximum absolute atomic E-state index is 13.6. The number of piperidine rings is 1. The first-order chi connectivity index (χ1) is 9.06. The van der Waals surface area contributed by atoms with Crippen LogP contribution in [0.15, 0.2) is 18.2 Å². The molecule has 1 heterocycles. The molecule has 1 unspecified atom stereocenters. The summed E-state index contributed by atoms with van der Waals surface area (Å²) in [5, 5.41) is 3.48. The molecule has 1 N–H and O–H groups in total. The Balaban J connectivity index is 1.89. The van der Waals surface area contributed by atoms with Crippen molar-refractivity contribution >= 4 is 0 Å². The van der Waals surface area contributed by atoms with E-state index in [0.29, 0.717) is 12.5 Å². The van der Waals surface area contributed by atoms with Gasteiger partial charge in [0.15, 0.2) is 0 Å². The van der Waals surface area contributed by atoms with E-state index < -0.39 is 11.6 Å². The molecule has 4 heteroatoms. The van der Waals surface area contributed by atoms with Gasteiger partial charge in [0.2, 0.25) is 0 Å². The van der Waals surface area contributed by atoms with Gasteiger partial charge in [-0.25, -0.2) is 8.78 Å². The van der Waals surface area contributed by atoms with Crippen LogP contribution in [-0.2, 0) is 6.42 Å². The third-order valence-electron chi connectivity index (χ3n) is 3.81. The molecular weight excluding hydrogens is 246 g/mol. The van der Waals surface area contributed by atoms with Gasteiger partial charge in [0.05, 0.1) is 0 Å². The summed E-state index contributed by atoms with van der Waals surface area (Å²) in [6.07, 6.45) is 2.59. The quantitative estimate of drug-likeness (QED) is 0.903. The number of hydrogen-bond acceptors (Lipinski definition) is 2. The van der Waals surface area contributed by atoms with E-state index in [4.69, 9.17) is 0 Å². The minimum atomic E-state index is -0.447. The number of hydrogen-bond donors (Lipinski definition) is 1. The van der Waals surface area contributed by atoms with Gasteiger partial charge >= 0.3 is 0 Å². The lowest BCUT2D eigenvalue weighted by Crippen LogP contribution is -2.45. The molecule has 2 nitrogen and oxygen atoms in total. The molecule has 0 saturated carbocycles. The van der Waals surface area contributed by atoms with Crippen molar-refractivity contribution < 1.29 is 8.78 Å². The molecule has 0 aliphatic carbocycles. The zero-order valence-corrected chi connectivity index (χ0v) is 11.6. The number of rotatable bonds is 4. The zero-order valence-electron chi connectivity index (χ0n) is 11.6. The predicted octanol–water partition coefficient (Wildman–Crippen LogP) is 2.58. The van der Waals surface area contributed by atoms with Gasteiger partial charge in [-0.1, -0.05) is 6.07 Å². The van der Waals surface area contributed by atoms with Crippen LogP contribution in [0.1, 0.15) is 25.3 Å². The summed E-state index contributed by atoms with van der Waals surface area (Å²) in [7, 11) is 2.12. The van der Waals surface area contributed by atoms with Crippen LogP contribution in [0.3, 0.4) is 0 Å². The van der Waals surface area contributed by atoms with Crippen LogP contribution < -0.4 is 5.32 Å². The standard InChI is InChI=1S/C15H22F2N2/c1-11(18-12-6-8-19(2)9-7-12)10-13-14(16)4-3-5-15(13)17/h3-5,11-12,18H,6-10H2,1-2H3. The lowest BCUT2D eigenvalue weighted by Gasteiger charge is -2.31. The molecule has 1 aliphatic heterocycles. The van der Waals surface area contributed by atoms with E-state index in [1.54, 1.807) is 0 Å².